The second-order valence-electron chi connectivity index (χ2n) is 6.74. The van der Waals surface area contributed by atoms with Crippen molar-refractivity contribution in [2.45, 2.75) is 52.5 Å². The van der Waals surface area contributed by atoms with E-state index in [1.54, 1.807) is 0 Å². The van der Waals surface area contributed by atoms with Gasteiger partial charge in [-0.05, 0) is 43.9 Å². The maximum atomic E-state index is 4.64. The summed E-state index contributed by atoms with van der Waals surface area (Å²) < 4.78 is 2.23. The van der Waals surface area contributed by atoms with Crippen LogP contribution in [0.1, 0.15) is 47.1 Å². The number of pyridine rings is 1. The summed E-state index contributed by atoms with van der Waals surface area (Å²) in [5.74, 6) is 0. The van der Waals surface area contributed by atoms with Crippen LogP contribution < -0.4 is 0 Å². The lowest BCUT2D eigenvalue weighted by atomic mass is 9.88. The number of hydrogen-bond donors (Lipinski definition) is 0. The van der Waals surface area contributed by atoms with Crippen LogP contribution in [0.25, 0.3) is 11.0 Å². The van der Waals surface area contributed by atoms with E-state index < -0.39 is 0 Å². The lowest BCUT2D eigenvalue weighted by Crippen LogP contribution is -2.21. The Bertz CT molecular complexity index is 536. The molecule has 92 valence electrons. The van der Waals surface area contributed by atoms with Crippen molar-refractivity contribution >= 4 is 11.0 Å². The average molecular weight is 230 g/mol. The largest absolute Gasteiger partial charge is 0.327 e. The minimum absolute atomic E-state index is 0.0813. The molecule has 2 aromatic rings. The summed E-state index contributed by atoms with van der Waals surface area (Å²) in [5, 5.41) is 1.23. The van der Waals surface area contributed by atoms with Crippen LogP contribution in [0.5, 0.6) is 0 Å². The average Bonchev–Trinajstić information content (AvgIpc) is 2.57. The van der Waals surface area contributed by atoms with Gasteiger partial charge < -0.3 is 4.57 Å². The summed E-state index contributed by atoms with van der Waals surface area (Å²) in [6, 6.07) is 4.41. The molecule has 2 rings (SSSR count). The lowest BCUT2D eigenvalue weighted by Gasteiger charge is -2.23. The predicted octanol–water partition coefficient (Wildman–Crippen LogP) is 4.09. The van der Waals surface area contributed by atoms with Crippen LogP contribution in [0.3, 0.4) is 0 Å². The Kier molecular flexibility index (Phi) is 2.57. The van der Waals surface area contributed by atoms with Crippen LogP contribution in [0, 0.1) is 0 Å². The Hall–Kier alpha value is -1.31. The molecule has 17 heavy (non-hydrogen) atoms. The summed E-state index contributed by atoms with van der Waals surface area (Å²) in [6.45, 7) is 13.3. The fraction of sp³-hybridized carbons (Fsp3) is 0.533. The highest BCUT2D eigenvalue weighted by molar-refractivity contribution is 5.77. The van der Waals surface area contributed by atoms with E-state index in [-0.39, 0.29) is 11.0 Å². The first-order chi connectivity index (χ1) is 7.69. The summed E-state index contributed by atoms with van der Waals surface area (Å²) in [4.78, 5) is 4.64. The molecule has 0 radical (unpaired) electrons. The molecule has 0 saturated carbocycles. The van der Waals surface area contributed by atoms with E-state index in [9.17, 15) is 0 Å². The van der Waals surface area contributed by atoms with E-state index in [0.29, 0.717) is 0 Å². The molecule has 0 fully saturated rings. The number of nitrogens with zero attached hydrogens (tertiary/aromatic N) is 2. The van der Waals surface area contributed by atoms with Gasteiger partial charge in [-0.1, -0.05) is 20.8 Å². The Balaban J connectivity index is 2.61. The third-order valence-corrected chi connectivity index (χ3v) is 3.12. The first kappa shape index (κ1) is 12.2. The van der Waals surface area contributed by atoms with E-state index in [4.69, 9.17) is 0 Å². The SMILES string of the molecule is CC(C)(C)c1cnc2c(ccn2C(C)(C)C)c1. The minimum atomic E-state index is 0.0813. The summed E-state index contributed by atoms with van der Waals surface area (Å²) in [5.41, 5.74) is 2.60. The van der Waals surface area contributed by atoms with Gasteiger partial charge in [0.15, 0.2) is 0 Å². The summed E-state index contributed by atoms with van der Waals surface area (Å²) >= 11 is 0. The van der Waals surface area contributed by atoms with Gasteiger partial charge in [-0.25, -0.2) is 4.98 Å². The summed E-state index contributed by atoms with van der Waals surface area (Å²) in [7, 11) is 0. The maximum Gasteiger partial charge on any atom is 0.140 e. The molecule has 0 spiro atoms. The Morgan fingerprint density at radius 1 is 1.06 bits per heavy atom. The molecule has 0 saturated heterocycles. The lowest BCUT2D eigenvalue weighted by molar-refractivity contribution is 0.408. The standard InChI is InChI=1S/C15H22N2/c1-14(2,3)12-9-11-7-8-17(15(4,5)6)13(11)16-10-12/h7-10H,1-6H3. The van der Waals surface area contributed by atoms with Crippen LogP contribution >= 0.6 is 0 Å². The third-order valence-electron chi connectivity index (χ3n) is 3.12. The fourth-order valence-corrected chi connectivity index (χ4v) is 1.98. The smallest absolute Gasteiger partial charge is 0.140 e. The first-order valence-electron chi connectivity index (χ1n) is 6.18. The van der Waals surface area contributed by atoms with Gasteiger partial charge in [0.05, 0.1) is 0 Å². The molecule has 2 aromatic heterocycles. The maximum absolute atomic E-state index is 4.64. The van der Waals surface area contributed by atoms with Crippen LogP contribution in [0.15, 0.2) is 24.5 Å². The van der Waals surface area contributed by atoms with Crippen molar-refractivity contribution in [1.82, 2.24) is 9.55 Å². The molecule has 0 aliphatic carbocycles. The third kappa shape index (κ3) is 2.21. The van der Waals surface area contributed by atoms with Gasteiger partial charge in [0.25, 0.3) is 0 Å². The molecule has 2 heteroatoms. The van der Waals surface area contributed by atoms with Gasteiger partial charge in [-0.3, -0.25) is 0 Å². The van der Waals surface area contributed by atoms with Crippen LogP contribution in [-0.2, 0) is 11.0 Å². The van der Waals surface area contributed by atoms with E-state index in [2.05, 4.69) is 69.4 Å². The number of aromatic nitrogens is 2. The Morgan fingerprint density at radius 3 is 2.24 bits per heavy atom. The van der Waals surface area contributed by atoms with Crippen molar-refractivity contribution in [1.29, 1.82) is 0 Å². The van der Waals surface area contributed by atoms with Crippen molar-refractivity contribution < 1.29 is 0 Å². The number of fused-ring (bicyclic) bond motifs is 1. The van der Waals surface area contributed by atoms with Gasteiger partial charge in [-0.2, -0.15) is 0 Å². The van der Waals surface area contributed by atoms with E-state index in [1.807, 2.05) is 6.20 Å². The van der Waals surface area contributed by atoms with Gasteiger partial charge in [0.2, 0.25) is 0 Å². The molecule has 2 heterocycles. The van der Waals surface area contributed by atoms with E-state index in [1.165, 1.54) is 10.9 Å². The quantitative estimate of drug-likeness (QED) is 0.666. The van der Waals surface area contributed by atoms with Crippen LogP contribution in [0.4, 0.5) is 0 Å². The highest BCUT2D eigenvalue weighted by Crippen LogP contribution is 2.27. The molecule has 0 atom stereocenters. The zero-order valence-electron chi connectivity index (χ0n) is 11.7. The van der Waals surface area contributed by atoms with Gasteiger partial charge >= 0.3 is 0 Å². The zero-order chi connectivity index (χ0) is 12.8. The van der Waals surface area contributed by atoms with Gasteiger partial charge in [0, 0.05) is 23.3 Å². The highest BCUT2D eigenvalue weighted by Gasteiger charge is 2.18. The molecule has 0 unspecified atom stereocenters. The second kappa shape index (κ2) is 3.59. The van der Waals surface area contributed by atoms with Crippen molar-refractivity contribution in [3.8, 4) is 0 Å². The van der Waals surface area contributed by atoms with Gasteiger partial charge in [-0.15, -0.1) is 0 Å². The molecule has 0 bridgehead atoms. The topological polar surface area (TPSA) is 17.8 Å². The highest BCUT2D eigenvalue weighted by atomic mass is 15.1. The normalized spacial score (nSPS) is 13.3. The molecular weight excluding hydrogens is 208 g/mol. The van der Waals surface area contributed by atoms with Crippen molar-refractivity contribution in [3.05, 3.63) is 30.1 Å². The predicted molar refractivity (Wildman–Crippen MR) is 73.4 cm³/mol. The van der Waals surface area contributed by atoms with E-state index >= 15 is 0 Å². The fourth-order valence-electron chi connectivity index (χ4n) is 1.98. The van der Waals surface area contributed by atoms with Crippen molar-refractivity contribution in [3.63, 3.8) is 0 Å². The molecule has 0 aromatic carbocycles. The molecule has 0 N–H and O–H groups in total. The number of hydrogen-bond acceptors (Lipinski definition) is 1. The van der Waals surface area contributed by atoms with E-state index in [0.717, 1.165) is 5.65 Å². The number of rotatable bonds is 0. The summed E-state index contributed by atoms with van der Waals surface area (Å²) in [6.07, 6.45) is 4.13. The van der Waals surface area contributed by atoms with Crippen molar-refractivity contribution in [2.24, 2.45) is 0 Å². The monoisotopic (exact) mass is 230 g/mol. The molecule has 0 aliphatic rings. The minimum Gasteiger partial charge on any atom is -0.327 e. The zero-order valence-corrected chi connectivity index (χ0v) is 11.7. The first-order valence-corrected chi connectivity index (χ1v) is 6.18. The molecule has 0 amide bonds. The molecular formula is C15H22N2. The van der Waals surface area contributed by atoms with Crippen LogP contribution in [-0.4, -0.2) is 9.55 Å². The molecule has 2 nitrogen and oxygen atoms in total. The van der Waals surface area contributed by atoms with Crippen molar-refractivity contribution in [2.75, 3.05) is 0 Å². The van der Waals surface area contributed by atoms with Crippen LogP contribution in [0.2, 0.25) is 0 Å². The Morgan fingerprint density at radius 2 is 1.71 bits per heavy atom. The molecule has 0 aliphatic heterocycles. The second-order valence-corrected chi connectivity index (χ2v) is 6.74. The van der Waals surface area contributed by atoms with Gasteiger partial charge in [0.1, 0.15) is 5.65 Å². The Labute approximate surface area is 104 Å².